The second-order valence-electron chi connectivity index (χ2n) is 4.70. The van der Waals surface area contributed by atoms with Crippen molar-refractivity contribution in [3.05, 3.63) is 77.1 Å². The molecule has 0 aliphatic carbocycles. The molecule has 0 spiro atoms. The molecule has 2 rings (SSSR count). The van der Waals surface area contributed by atoms with Crippen LogP contribution < -0.4 is 0 Å². The van der Waals surface area contributed by atoms with E-state index in [4.69, 9.17) is 5.11 Å². The summed E-state index contributed by atoms with van der Waals surface area (Å²) in [6.45, 7) is 0. The molecule has 2 aromatic rings. The summed E-state index contributed by atoms with van der Waals surface area (Å²) in [5.41, 5.74) is 2.07. The van der Waals surface area contributed by atoms with Gasteiger partial charge in [-0.2, -0.15) is 0 Å². The molecule has 0 amide bonds. The second-order valence-corrected chi connectivity index (χ2v) is 4.70. The molecule has 112 valence electrons. The first-order valence-corrected chi connectivity index (χ1v) is 6.47. The Bertz CT molecular complexity index is 733. The van der Waals surface area contributed by atoms with Crippen molar-refractivity contribution in [1.82, 2.24) is 0 Å². The number of benzene rings is 2. The third-order valence-electron chi connectivity index (χ3n) is 3.02. The number of rotatable bonds is 5. The minimum Gasteiger partial charge on any atom is -0.507 e. The highest BCUT2D eigenvalue weighted by Gasteiger charge is 2.10. The zero-order valence-electron chi connectivity index (χ0n) is 11.5. The van der Waals surface area contributed by atoms with E-state index in [1.807, 2.05) is 6.07 Å². The molecular weight excluding hydrogens is 287 g/mol. The van der Waals surface area contributed by atoms with E-state index in [1.165, 1.54) is 12.1 Å². The lowest BCUT2D eigenvalue weighted by molar-refractivity contribution is -0.146. The topological polar surface area (TPSA) is 74.6 Å². The van der Waals surface area contributed by atoms with Crippen molar-refractivity contribution in [2.45, 2.75) is 6.42 Å². The van der Waals surface area contributed by atoms with Crippen molar-refractivity contribution >= 4 is 17.5 Å². The van der Waals surface area contributed by atoms with Crippen molar-refractivity contribution in [1.29, 1.82) is 0 Å². The summed E-state index contributed by atoms with van der Waals surface area (Å²) in [5, 5.41) is 18.3. The van der Waals surface area contributed by atoms with Gasteiger partial charge in [0.1, 0.15) is 11.6 Å². The number of halogens is 1. The molecule has 0 atom stereocenters. The molecule has 0 aliphatic rings. The van der Waals surface area contributed by atoms with Crippen LogP contribution in [0, 0.1) is 5.82 Å². The van der Waals surface area contributed by atoms with E-state index < -0.39 is 17.5 Å². The highest BCUT2D eigenvalue weighted by atomic mass is 19.1. The van der Waals surface area contributed by atoms with Gasteiger partial charge in [0.25, 0.3) is 5.78 Å². The first kappa shape index (κ1) is 15.4. The van der Waals surface area contributed by atoms with Crippen LogP contribution in [0.25, 0.3) is 5.76 Å². The number of aliphatic hydroxyl groups excluding tert-OH is 1. The van der Waals surface area contributed by atoms with Crippen LogP contribution in [0.5, 0.6) is 0 Å². The van der Waals surface area contributed by atoms with E-state index in [0.717, 1.165) is 11.1 Å². The average molecular weight is 300 g/mol. The zero-order chi connectivity index (χ0) is 16.1. The number of carbonyl (C=O) groups is 2. The number of hydrogen-bond acceptors (Lipinski definition) is 3. The van der Waals surface area contributed by atoms with Crippen LogP contribution in [0.3, 0.4) is 0 Å². The lowest BCUT2D eigenvalue weighted by Crippen LogP contribution is -2.09. The standard InChI is InChI=1S/C17H13FO4/c18-14-6-4-11(5-7-14)8-12-2-1-3-13(9-12)15(19)10-16(20)17(21)22/h1-7,9-10,19H,8H2,(H,21,22)/b15-10-. The maximum absolute atomic E-state index is 12.9. The molecule has 5 heteroatoms. The summed E-state index contributed by atoms with van der Waals surface area (Å²) in [4.78, 5) is 21.5. The van der Waals surface area contributed by atoms with Crippen LogP contribution in [-0.4, -0.2) is 22.0 Å². The van der Waals surface area contributed by atoms with Gasteiger partial charge in [-0.05, 0) is 35.7 Å². The van der Waals surface area contributed by atoms with Crippen molar-refractivity contribution in [3.8, 4) is 0 Å². The van der Waals surface area contributed by atoms with Crippen LogP contribution >= 0.6 is 0 Å². The van der Waals surface area contributed by atoms with Gasteiger partial charge in [0.05, 0.1) is 0 Å². The minimum atomic E-state index is -1.63. The van der Waals surface area contributed by atoms with Crippen LogP contribution in [0.1, 0.15) is 16.7 Å². The maximum Gasteiger partial charge on any atom is 0.376 e. The molecule has 0 saturated heterocycles. The Hall–Kier alpha value is -2.95. The fraction of sp³-hybridized carbons (Fsp3) is 0.0588. The molecular formula is C17H13FO4. The average Bonchev–Trinajstić information content (AvgIpc) is 2.49. The number of carboxylic acids is 1. The summed E-state index contributed by atoms with van der Waals surface area (Å²) in [5.74, 6) is -3.55. The third kappa shape index (κ3) is 4.02. The number of carboxylic acid groups (broad SMARTS) is 1. The largest absolute Gasteiger partial charge is 0.507 e. The lowest BCUT2D eigenvalue weighted by atomic mass is 10.0. The summed E-state index contributed by atoms with van der Waals surface area (Å²) in [7, 11) is 0. The van der Waals surface area contributed by atoms with Gasteiger partial charge in [-0.25, -0.2) is 9.18 Å². The zero-order valence-corrected chi connectivity index (χ0v) is 11.5. The molecule has 0 heterocycles. The van der Waals surface area contributed by atoms with Gasteiger partial charge in [-0.1, -0.05) is 30.3 Å². The predicted octanol–water partition coefficient (Wildman–Crippen LogP) is 2.97. The molecule has 22 heavy (non-hydrogen) atoms. The Labute approximate surface area is 126 Å². The van der Waals surface area contributed by atoms with Gasteiger partial charge in [0, 0.05) is 11.6 Å². The minimum absolute atomic E-state index is 0.315. The monoisotopic (exact) mass is 300 g/mol. The maximum atomic E-state index is 12.9. The van der Waals surface area contributed by atoms with Gasteiger partial charge in [0.2, 0.25) is 0 Å². The second kappa shape index (κ2) is 6.67. The molecule has 0 bridgehead atoms. The summed E-state index contributed by atoms with van der Waals surface area (Å²) in [6.07, 6.45) is 1.19. The molecule has 0 saturated carbocycles. The molecule has 0 unspecified atom stereocenters. The van der Waals surface area contributed by atoms with Crippen LogP contribution in [0.2, 0.25) is 0 Å². The fourth-order valence-corrected chi connectivity index (χ4v) is 1.95. The molecule has 2 N–H and O–H groups in total. The van der Waals surface area contributed by atoms with E-state index >= 15 is 0 Å². The van der Waals surface area contributed by atoms with E-state index in [2.05, 4.69) is 0 Å². The van der Waals surface area contributed by atoms with Gasteiger partial charge < -0.3 is 10.2 Å². The Kier molecular flexibility index (Phi) is 4.68. The van der Waals surface area contributed by atoms with E-state index in [1.54, 1.807) is 30.3 Å². The van der Waals surface area contributed by atoms with Gasteiger partial charge in [0.15, 0.2) is 0 Å². The van der Waals surface area contributed by atoms with Crippen LogP contribution in [-0.2, 0) is 16.0 Å². The van der Waals surface area contributed by atoms with Crippen molar-refractivity contribution < 1.29 is 24.2 Å². The lowest BCUT2D eigenvalue weighted by Gasteiger charge is -2.05. The first-order chi connectivity index (χ1) is 10.5. The van der Waals surface area contributed by atoms with E-state index in [9.17, 15) is 19.1 Å². The number of aliphatic hydroxyl groups is 1. The van der Waals surface area contributed by atoms with Gasteiger partial charge >= 0.3 is 5.97 Å². The highest BCUT2D eigenvalue weighted by Crippen LogP contribution is 2.16. The van der Waals surface area contributed by atoms with Crippen LogP contribution in [0.15, 0.2) is 54.6 Å². The number of aliphatic carboxylic acids is 1. The Balaban J connectivity index is 2.21. The van der Waals surface area contributed by atoms with Crippen molar-refractivity contribution in [2.75, 3.05) is 0 Å². The summed E-state index contributed by atoms with van der Waals surface area (Å²) < 4.78 is 12.9. The predicted molar refractivity (Wildman–Crippen MR) is 78.9 cm³/mol. The molecule has 2 aromatic carbocycles. The van der Waals surface area contributed by atoms with Crippen molar-refractivity contribution in [3.63, 3.8) is 0 Å². The van der Waals surface area contributed by atoms with Crippen molar-refractivity contribution in [2.24, 2.45) is 0 Å². The Morgan fingerprint density at radius 2 is 1.68 bits per heavy atom. The molecule has 4 nitrogen and oxygen atoms in total. The van der Waals surface area contributed by atoms with Gasteiger partial charge in [-0.15, -0.1) is 0 Å². The third-order valence-corrected chi connectivity index (χ3v) is 3.02. The molecule has 0 aromatic heterocycles. The number of hydrogen-bond donors (Lipinski definition) is 2. The SMILES string of the molecule is O=C(O)C(=O)/C=C(\O)c1cccc(Cc2ccc(F)cc2)c1. The first-order valence-electron chi connectivity index (χ1n) is 6.47. The molecule has 0 fully saturated rings. The number of ketones is 1. The Morgan fingerprint density at radius 3 is 2.32 bits per heavy atom. The normalized spacial score (nSPS) is 11.2. The molecule has 0 radical (unpaired) electrons. The quantitative estimate of drug-likeness (QED) is 0.506. The summed E-state index contributed by atoms with van der Waals surface area (Å²) in [6, 6.07) is 12.8. The number of carbonyl (C=O) groups excluding carboxylic acids is 1. The fourth-order valence-electron chi connectivity index (χ4n) is 1.95. The highest BCUT2D eigenvalue weighted by molar-refractivity contribution is 6.38. The molecule has 0 aliphatic heterocycles. The smallest absolute Gasteiger partial charge is 0.376 e. The summed E-state index contributed by atoms with van der Waals surface area (Å²) >= 11 is 0. The van der Waals surface area contributed by atoms with Crippen LogP contribution in [0.4, 0.5) is 4.39 Å². The van der Waals surface area contributed by atoms with E-state index in [0.29, 0.717) is 18.1 Å². The van der Waals surface area contributed by atoms with E-state index in [-0.39, 0.29) is 5.82 Å². The van der Waals surface area contributed by atoms with Gasteiger partial charge in [-0.3, -0.25) is 4.79 Å². The Morgan fingerprint density at radius 1 is 1.00 bits per heavy atom.